The summed E-state index contributed by atoms with van der Waals surface area (Å²) in [6, 6.07) is 5.42. The van der Waals surface area contributed by atoms with Gasteiger partial charge in [-0.3, -0.25) is 9.59 Å². The molecule has 2 N–H and O–H groups in total. The van der Waals surface area contributed by atoms with Gasteiger partial charge < -0.3 is 19.9 Å². The average molecular weight is 321 g/mol. The van der Waals surface area contributed by atoms with Crippen LogP contribution in [0.5, 0.6) is 11.5 Å². The van der Waals surface area contributed by atoms with Crippen LogP contribution in [0.25, 0.3) is 0 Å². The highest BCUT2D eigenvalue weighted by atomic mass is 16.5. The third kappa shape index (κ3) is 4.15. The van der Waals surface area contributed by atoms with Crippen LogP contribution in [0.4, 0.5) is 0 Å². The number of ether oxygens (including phenoxy) is 2. The van der Waals surface area contributed by atoms with Gasteiger partial charge in [-0.2, -0.15) is 0 Å². The Balaban J connectivity index is 1.99. The van der Waals surface area contributed by atoms with Crippen LogP contribution in [0, 0.1) is 11.8 Å². The predicted molar refractivity (Wildman–Crippen MR) is 84.5 cm³/mol. The zero-order chi connectivity index (χ0) is 16.8. The summed E-state index contributed by atoms with van der Waals surface area (Å²) >= 11 is 0. The lowest BCUT2D eigenvalue weighted by Crippen LogP contribution is -2.39. The first-order chi connectivity index (χ1) is 11.1. The molecule has 0 saturated heterocycles. The number of rotatable bonds is 6. The van der Waals surface area contributed by atoms with Gasteiger partial charge in [0.15, 0.2) is 11.5 Å². The molecule has 0 spiro atoms. The highest BCUT2D eigenvalue weighted by Crippen LogP contribution is 2.31. The molecule has 2 rings (SSSR count). The number of nitrogens with one attached hydrogen (secondary N) is 1. The summed E-state index contributed by atoms with van der Waals surface area (Å²) in [6.45, 7) is 0.335. The maximum Gasteiger partial charge on any atom is 0.307 e. The van der Waals surface area contributed by atoms with Gasteiger partial charge in [0.2, 0.25) is 5.91 Å². The molecule has 0 heterocycles. The number of carbonyl (C=O) groups excluding carboxylic acids is 1. The molecule has 0 radical (unpaired) electrons. The lowest BCUT2D eigenvalue weighted by Gasteiger charge is -2.27. The first-order valence-electron chi connectivity index (χ1n) is 7.78. The highest BCUT2D eigenvalue weighted by Gasteiger charge is 2.35. The van der Waals surface area contributed by atoms with Crippen LogP contribution in [0.2, 0.25) is 0 Å². The minimum absolute atomic E-state index is 0.188. The first kappa shape index (κ1) is 17.1. The minimum atomic E-state index is -0.879. The van der Waals surface area contributed by atoms with Crippen molar-refractivity contribution in [2.45, 2.75) is 32.2 Å². The fourth-order valence-corrected chi connectivity index (χ4v) is 3.05. The van der Waals surface area contributed by atoms with Crippen LogP contribution in [0.3, 0.4) is 0 Å². The van der Waals surface area contributed by atoms with Crippen molar-refractivity contribution in [1.82, 2.24) is 5.32 Å². The van der Waals surface area contributed by atoms with Crippen LogP contribution in [0.1, 0.15) is 31.2 Å². The maximum atomic E-state index is 12.3. The summed E-state index contributed by atoms with van der Waals surface area (Å²) in [6.07, 6.45) is 2.98. The van der Waals surface area contributed by atoms with Gasteiger partial charge in [-0.1, -0.05) is 18.9 Å². The molecule has 23 heavy (non-hydrogen) atoms. The van der Waals surface area contributed by atoms with Crippen LogP contribution in [-0.4, -0.2) is 31.2 Å². The maximum absolute atomic E-state index is 12.3. The Kier molecular flexibility index (Phi) is 5.84. The zero-order valence-electron chi connectivity index (χ0n) is 13.5. The normalized spacial score (nSPS) is 20.6. The second-order valence-electron chi connectivity index (χ2n) is 5.74. The van der Waals surface area contributed by atoms with E-state index in [1.165, 1.54) is 0 Å². The van der Waals surface area contributed by atoms with E-state index in [0.717, 1.165) is 18.4 Å². The summed E-state index contributed by atoms with van der Waals surface area (Å²) < 4.78 is 10.4. The molecule has 6 heteroatoms. The van der Waals surface area contributed by atoms with Crippen molar-refractivity contribution in [3.63, 3.8) is 0 Å². The summed E-state index contributed by atoms with van der Waals surface area (Å²) in [5.41, 5.74) is 0.874. The van der Waals surface area contributed by atoms with Gasteiger partial charge in [-0.05, 0) is 30.5 Å². The molecule has 1 amide bonds. The van der Waals surface area contributed by atoms with E-state index in [-0.39, 0.29) is 5.91 Å². The third-order valence-corrected chi connectivity index (χ3v) is 4.33. The van der Waals surface area contributed by atoms with Crippen molar-refractivity contribution < 1.29 is 24.2 Å². The van der Waals surface area contributed by atoms with Gasteiger partial charge in [0.1, 0.15) is 0 Å². The van der Waals surface area contributed by atoms with Gasteiger partial charge in [-0.25, -0.2) is 0 Å². The predicted octanol–water partition coefficient (Wildman–Crippen LogP) is 2.21. The second kappa shape index (κ2) is 7.85. The summed E-state index contributed by atoms with van der Waals surface area (Å²) in [4.78, 5) is 23.6. The largest absolute Gasteiger partial charge is 0.493 e. The number of benzene rings is 1. The van der Waals surface area contributed by atoms with Gasteiger partial charge in [0.25, 0.3) is 0 Å². The standard InChI is InChI=1S/C17H23NO5/c1-22-14-8-7-11(9-15(14)23-2)10-18-16(19)12-5-3-4-6-13(12)17(20)21/h7-9,12-13H,3-6,10H2,1-2H3,(H,18,19)(H,20,21). The number of carboxylic acids is 1. The summed E-state index contributed by atoms with van der Waals surface area (Å²) in [5.74, 6) is -0.862. The van der Waals surface area contributed by atoms with E-state index in [1.807, 2.05) is 6.07 Å². The van der Waals surface area contributed by atoms with E-state index in [2.05, 4.69) is 5.32 Å². The molecule has 1 aliphatic carbocycles. The monoisotopic (exact) mass is 321 g/mol. The van der Waals surface area contributed by atoms with Crippen molar-refractivity contribution in [2.75, 3.05) is 14.2 Å². The molecular formula is C17H23NO5. The van der Waals surface area contributed by atoms with E-state index in [9.17, 15) is 14.7 Å². The van der Waals surface area contributed by atoms with Crippen molar-refractivity contribution in [3.8, 4) is 11.5 Å². The Morgan fingerprint density at radius 1 is 1.13 bits per heavy atom. The van der Waals surface area contributed by atoms with Gasteiger partial charge in [0.05, 0.1) is 26.1 Å². The SMILES string of the molecule is COc1ccc(CNC(=O)C2CCCCC2C(=O)O)cc1OC. The van der Waals surface area contributed by atoms with Gasteiger partial charge in [0, 0.05) is 6.54 Å². The van der Waals surface area contributed by atoms with Crippen LogP contribution in [-0.2, 0) is 16.1 Å². The number of carbonyl (C=O) groups is 2. The van der Waals surface area contributed by atoms with Crippen molar-refractivity contribution in [3.05, 3.63) is 23.8 Å². The van der Waals surface area contributed by atoms with E-state index in [1.54, 1.807) is 26.4 Å². The van der Waals surface area contributed by atoms with Gasteiger partial charge >= 0.3 is 5.97 Å². The molecule has 1 aliphatic rings. The van der Waals surface area contributed by atoms with E-state index in [0.29, 0.717) is 30.9 Å². The number of hydrogen-bond acceptors (Lipinski definition) is 4. The number of hydrogen-bond donors (Lipinski definition) is 2. The topological polar surface area (TPSA) is 84.9 Å². The van der Waals surface area contributed by atoms with Crippen molar-refractivity contribution >= 4 is 11.9 Å². The Morgan fingerprint density at radius 2 is 1.78 bits per heavy atom. The number of amides is 1. The lowest BCUT2D eigenvalue weighted by molar-refractivity contribution is -0.148. The molecule has 1 aromatic carbocycles. The number of methoxy groups -OCH3 is 2. The third-order valence-electron chi connectivity index (χ3n) is 4.33. The van der Waals surface area contributed by atoms with Crippen molar-refractivity contribution in [1.29, 1.82) is 0 Å². The van der Waals surface area contributed by atoms with Crippen LogP contribution in [0.15, 0.2) is 18.2 Å². The molecule has 2 unspecified atom stereocenters. The smallest absolute Gasteiger partial charge is 0.307 e. The molecule has 0 aliphatic heterocycles. The molecule has 2 atom stereocenters. The Hall–Kier alpha value is -2.24. The summed E-state index contributed by atoms with van der Waals surface area (Å²) in [5, 5.41) is 12.1. The fraction of sp³-hybridized carbons (Fsp3) is 0.529. The first-order valence-corrected chi connectivity index (χ1v) is 7.78. The van der Waals surface area contributed by atoms with E-state index in [4.69, 9.17) is 9.47 Å². The second-order valence-corrected chi connectivity index (χ2v) is 5.74. The van der Waals surface area contributed by atoms with E-state index < -0.39 is 17.8 Å². The fourth-order valence-electron chi connectivity index (χ4n) is 3.05. The molecule has 0 aromatic heterocycles. The molecule has 6 nitrogen and oxygen atoms in total. The Morgan fingerprint density at radius 3 is 2.39 bits per heavy atom. The minimum Gasteiger partial charge on any atom is -0.493 e. The van der Waals surface area contributed by atoms with Crippen molar-refractivity contribution in [2.24, 2.45) is 11.8 Å². The Labute approximate surface area is 135 Å². The zero-order valence-corrected chi connectivity index (χ0v) is 13.5. The van der Waals surface area contributed by atoms with Crippen LogP contribution < -0.4 is 14.8 Å². The highest BCUT2D eigenvalue weighted by molar-refractivity contribution is 5.84. The molecule has 0 bridgehead atoms. The lowest BCUT2D eigenvalue weighted by atomic mass is 9.78. The Bertz CT molecular complexity index is 572. The van der Waals surface area contributed by atoms with E-state index >= 15 is 0 Å². The molecule has 1 saturated carbocycles. The van der Waals surface area contributed by atoms with Crippen LogP contribution >= 0.6 is 0 Å². The molecule has 1 fully saturated rings. The number of aliphatic carboxylic acids is 1. The molecule has 126 valence electrons. The quantitative estimate of drug-likeness (QED) is 0.839. The molecular weight excluding hydrogens is 298 g/mol. The molecule has 1 aromatic rings. The summed E-state index contributed by atoms with van der Waals surface area (Å²) in [7, 11) is 3.12. The number of carboxylic acid groups (broad SMARTS) is 1. The van der Waals surface area contributed by atoms with Gasteiger partial charge in [-0.15, -0.1) is 0 Å². The average Bonchev–Trinajstić information content (AvgIpc) is 2.59.